The molecule has 1 aromatic carbocycles. The molecule has 1 aliphatic rings. The molecule has 1 fully saturated rings. The third kappa shape index (κ3) is 5.15. The Kier molecular flexibility index (Phi) is 6.72. The molecule has 21 heavy (non-hydrogen) atoms. The lowest BCUT2D eigenvalue weighted by Gasteiger charge is -2.31. The Morgan fingerprint density at radius 1 is 1.33 bits per heavy atom. The van der Waals surface area contributed by atoms with E-state index in [1.165, 1.54) is 19.3 Å². The van der Waals surface area contributed by atoms with E-state index in [-0.39, 0.29) is 5.92 Å². The highest BCUT2D eigenvalue weighted by Gasteiger charge is 2.20. The predicted molar refractivity (Wildman–Crippen MR) is 87.2 cm³/mol. The van der Waals surface area contributed by atoms with E-state index in [4.69, 9.17) is 0 Å². The van der Waals surface area contributed by atoms with Crippen LogP contribution in [0, 0.1) is 11.3 Å². The van der Waals surface area contributed by atoms with Crippen LogP contribution in [-0.4, -0.2) is 37.1 Å². The maximum Gasteiger partial charge on any atom is 0.0839 e. The van der Waals surface area contributed by atoms with Gasteiger partial charge in [0.1, 0.15) is 0 Å². The molecule has 0 bridgehead atoms. The van der Waals surface area contributed by atoms with Crippen LogP contribution < -0.4 is 5.32 Å². The van der Waals surface area contributed by atoms with E-state index in [2.05, 4.69) is 35.3 Å². The maximum atomic E-state index is 9.51. The number of hydrogen-bond acceptors (Lipinski definition) is 3. The first-order valence-electron chi connectivity index (χ1n) is 8.23. The second-order valence-corrected chi connectivity index (χ2v) is 6.00. The van der Waals surface area contributed by atoms with Gasteiger partial charge in [0, 0.05) is 19.1 Å². The number of benzene rings is 1. The number of nitrogens with one attached hydrogen (secondary N) is 1. The molecule has 1 heterocycles. The van der Waals surface area contributed by atoms with Crippen molar-refractivity contribution in [3.05, 3.63) is 35.9 Å². The van der Waals surface area contributed by atoms with Crippen LogP contribution >= 0.6 is 0 Å². The first-order chi connectivity index (χ1) is 10.3. The summed E-state index contributed by atoms with van der Waals surface area (Å²) in [6.45, 7) is 6.34. The fraction of sp³-hybridized carbons (Fsp3) is 0.611. The molecule has 1 saturated heterocycles. The van der Waals surface area contributed by atoms with Gasteiger partial charge in [0.05, 0.1) is 12.0 Å². The zero-order valence-corrected chi connectivity index (χ0v) is 13.1. The van der Waals surface area contributed by atoms with E-state index >= 15 is 0 Å². The summed E-state index contributed by atoms with van der Waals surface area (Å²) in [6, 6.07) is 13.3. The summed E-state index contributed by atoms with van der Waals surface area (Å²) in [5.74, 6) is -0.0265. The summed E-state index contributed by atoms with van der Waals surface area (Å²) in [5, 5.41) is 13.1. The number of rotatable bonds is 7. The molecule has 0 radical (unpaired) electrons. The van der Waals surface area contributed by atoms with Crippen LogP contribution in [0.2, 0.25) is 0 Å². The van der Waals surface area contributed by atoms with E-state index in [1.54, 1.807) is 0 Å². The van der Waals surface area contributed by atoms with Crippen LogP contribution in [0.3, 0.4) is 0 Å². The van der Waals surface area contributed by atoms with Gasteiger partial charge in [-0.15, -0.1) is 0 Å². The SMILES string of the molecule is CCCN(CC1CCCCN1)CC(C#N)c1ccccc1. The van der Waals surface area contributed by atoms with Crippen molar-refractivity contribution in [2.24, 2.45) is 0 Å². The lowest BCUT2D eigenvalue weighted by atomic mass is 9.99. The summed E-state index contributed by atoms with van der Waals surface area (Å²) in [5.41, 5.74) is 1.14. The van der Waals surface area contributed by atoms with E-state index in [1.807, 2.05) is 18.2 Å². The molecule has 0 spiro atoms. The summed E-state index contributed by atoms with van der Waals surface area (Å²) in [6.07, 6.45) is 5.04. The molecule has 0 amide bonds. The minimum atomic E-state index is -0.0265. The fourth-order valence-electron chi connectivity index (χ4n) is 3.13. The zero-order valence-electron chi connectivity index (χ0n) is 13.1. The summed E-state index contributed by atoms with van der Waals surface area (Å²) < 4.78 is 0. The van der Waals surface area contributed by atoms with E-state index < -0.39 is 0 Å². The Balaban J connectivity index is 1.95. The zero-order chi connectivity index (χ0) is 14.9. The highest BCUT2D eigenvalue weighted by Crippen LogP contribution is 2.17. The van der Waals surface area contributed by atoms with E-state index in [0.717, 1.165) is 38.2 Å². The first-order valence-corrected chi connectivity index (χ1v) is 8.23. The van der Waals surface area contributed by atoms with Crippen molar-refractivity contribution in [3.63, 3.8) is 0 Å². The lowest BCUT2D eigenvalue weighted by Crippen LogP contribution is -2.44. The maximum absolute atomic E-state index is 9.51. The molecule has 1 aliphatic heterocycles. The van der Waals surface area contributed by atoms with E-state index in [9.17, 15) is 5.26 Å². The van der Waals surface area contributed by atoms with Crippen molar-refractivity contribution in [1.29, 1.82) is 5.26 Å². The molecular weight excluding hydrogens is 258 g/mol. The van der Waals surface area contributed by atoms with Crippen molar-refractivity contribution >= 4 is 0 Å². The second-order valence-electron chi connectivity index (χ2n) is 6.00. The largest absolute Gasteiger partial charge is 0.313 e. The molecule has 0 saturated carbocycles. The van der Waals surface area contributed by atoms with Crippen LogP contribution in [0.5, 0.6) is 0 Å². The van der Waals surface area contributed by atoms with Crippen molar-refractivity contribution in [1.82, 2.24) is 10.2 Å². The lowest BCUT2D eigenvalue weighted by molar-refractivity contribution is 0.221. The topological polar surface area (TPSA) is 39.1 Å². The Labute approximate surface area is 129 Å². The number of hydrogen-bond donors (Lipinski definition) is 1. The Bertz CT molecular complexity index is 432. The Hall–Kier alpha value is -1.37. The predicted octanol–water partition coefficient (Wildman–Crippen LogP) is 3.15. The smallest absolute Gasteiger partial charge is 0.0839 e. The van der Waals surface area contributed by atoms with Gasteiger partial charge in [0.2, 0.25) is 0 Å². The molecule has 0 aromatic heterocycles. The van der Waals surface area contributed by atoms with Crippen LogP contribution in [0.25, 0.3) is 0 Å². The van der Waals surface area contributed by atoms with Gasteiger partial charge in [0.15, 0.2) is 0 Å². The van der Waals surface area contributed by atoms with Crippen LogP contribution in [-0.2, 0) is 0 Å². The molecule has 0 aliphatic carbocycles. The quantitative estimate of drug-likeness (QED) is 0.836. The van der Waals surface area contributed by atoms with E-state index in [0.29, 0.717) is 6.04 Å². The molecule has 2 unspecified atom stereocenters. The number of piperidine rings is 1. The summed E-state index contributed by atoms with van der Waals surface area (Å²) in [7, 11) is 0. The molecule has 1 aromatic rings. The van der Waals surface area contributed by atoms with Gasteiger partial charge in [-0.3, -0.25) is 0 Å². The highest BCUT2D eigenvalue weighted by molar-refractivity contribution is 5.25. The van der Waals surface area contributed by atoms with Crippen LogP contribution in [0.1, 0.15) is 44.1 Å². The summed E-state index contributed by atoms with van der Waals surface area (Å²) >= 11 is 0. The third-order valence-electron chi connectivity index (χ3n) is 4.23. The van der Waals surface area contributed by atoms with Gasteiger partial charge >= 0.3 is 0 Å². The normalized spacial score (nSPS) is 20.1. The summed E-state index contributed by atoms with van der Waals surface area (Å²) in [4.78, 5) is 2.46. The van der Waals surface area contributed by atoms with Crippen LogP contribution in [0.4, 0.5) is 0 Å². The Morgan fingerprint density at radius 3 is 2.76 bits per heavy atom. The average Bonchev–Trinajstić information content (AvgIpc) is 2.54. The third-order valence-corrected chi connectivity index (χ3v) is 4.23. The van der Waals surface area contributed by atoms with Gasteiger partial charge in [-0.1, -0.05) is 43.7 Å². The number of nitrogens with zero attached hydrogens (tertiary/aromatic N) is 2. The van der Waals surface area contributed by atoms with Gasteiger partial charge in [-0.05, 0) is 37.9 Å². The monoisotopic (exact) mass is 285 g/mol. The fourth-order valence-corrected chi connectivity index (χ4v) is 3.13. The van der Waals surface area contributed by atoms with Gasteiger partial charge in [0.25, 0.3) is 0 Å². The molecule has 2 atom stereocenters. The first kappa shape index (κ1) is 16.0. The van der Waals surface area contributed by atoms with Gasteiger partial charge in [-0.25, -0.2) is 0 Å². The standard InChI is InChI=1S/C18H27N3/c1-2-12-21(15-18-10-6-7-11-20-18)14-17(13-19)16-8-4-3-5-9-16/h3-5,8-9,17-18,20H,2,6-7,10-12,14-15H2,1H3. The minimum Gasteiger partial charge on any atom is -0.313 e. The van der Waals surface area contributed by atoms with Gasteiger partial charge < -0.3 is 10.2 Å². The molecule has 114 valence electrons. The highest BCUT2D eigenvalue weighted by atomic mass is 15.1. The number of nitriles is 1. The molecule has 1 N–H and O–H groups in total. The minimum absolute atomic E-state index is 0.0265. The average molecular weight is 285 g/mol. The molecule has 3 heteroatoms. The Morgan fingerprint density at radius 2 is 2.14 bits per heavy atom. The van der Waals surface area contributed by atoms with Gasteiger partial charge in [-0.2, -0.15) is 5.26 Å². The molecule has 2 rings (SSSR count). The molecule has 3 nitrogen and oxygen atoms in total. The molecular formula is C18H27N3. The van der Waals surface area contributed by atoms with Crippen molar-refractivity contribution in [3.8, 4) is 6.07 Å². The van der Waals surface area contributed by atoms with Crippen molar-refractivity contribution < 1.29 is 0 Å². The van der Waals surface area contributed by atoms with Crippen molar-refractivity contribution in [2.75, 3.05) is 26.2 Å². The van der Waals surface area contributed by atoms with Crippen LogP contribution in [0.15, 0.2) is 30.3 Å². The second kappa shape index (κ2) is 8.81. The van der Waals surface area contributed by atoms with Crippen molar-refractivity contribution in [2.45, 2.75) is 44.6 Å².